The molecule has 0 aliphatic carbocycles. The van der Waals surface area contributed by atoms with Crippen molar-refractivity contribution >= 4 is 33.2 Å². The van der Waals surface area contributed by atoms with Crippen molar-refractivity contribution in [3.05, 3.63) is 46.7 Å². The Morgan fingerprint density at radius 3 is 2.48 bits per heavy atom. The third kappa shape index (κ3) is 5.55. The van der Waals surface area contributed by atoms with Crippen LogP contribution in [0.5, 0.6) is 5.75 Å². The Morgan fingerprint density at radius 2 is 1.88 bits per heavy atom. The molecule has 1 heterocycles. The Morgan fingerprint density at radius 1 is 1.16 bits per heavy atom. The lowest BCUT2D eigenvalue weighted by Crippen LogP contribution is -2.46. The van der Waals surface area contributed by atoms with E-state index in [1.165, 1.54) is 35.6 Å². The van der Waals surface area contributed by atoms with Crippen molar-refractivity contribution in [2.45, 2.75) is 11.8 Å². The molecule has 10 heteroatoms. The van der Waals surface area contributed by atoms with Crippen molar-refractivity contribution in [3.63, 3.8) is 0 Å². The molecule has 0 saturated carbocycles. The number of nitrogens with one attached hydrogen (secondary N) is 3. The fourth-order valence-corrected chi connectivity index (χ4v) is 3.26. The average Bonchev–Trinajstić information content (AvgIpc) is 3.13. The zero-order valence-electron chi connectivity index (χ0n) is 13.3. The molecule has 8 nitrogen and oxygen atoms in total. The topological polar surface area (TPSA) is 114 Å². The molecule has 0 fully saturated rings. The smallest absolute Gasteiger partial charge is 0.261 e. The zero-order chi connectivity index (χ0) is 18.3. The fourth-order valence-electron chi connectivity index (χ4n) is 1.76. The van der Waals surface area contributed by atoms with Gasteiger partial charge in [0.1, 0.15) is 5.75 Å². The maximum absolute atomic E-state index is 12.1. The zero-order valence-corrected chi connectivity index (χ0v) is 14.9. The first-order valence-corrected chi connectivity index (χ1v) is 9.64. The molecule has 0 saturated heterocycles. The van der Waals surface area contributed by atoms with Gasteiger partial charge in [-0.1, -0.05) is 6.07 Å². The van der Waals surface area contributed by atoms with Crippen LogP contribution in [0.25, 0.3) is 0 Å². The van der Waals surface area contributed by atoms with Gasteiger partial charge in [0.15, 0.2) is 0 Å². The molecule has 2 aromatic rings. The Balaban J connectivity index is 1.84. The van der Waals surface area contributed by atoms with Crippen LogP contribution in [0.1, 0.15) is 16.6 Å². The summed E-state index contributed by atoms with van der Waals surface area (Å²) in [6.07, 6.45) is 0. The molecule has 0 unspecified atom stereocenters. The Bertz CT molecular complexity index is 817. The van der Waals surface area contributed by atoms with E-state index in [1.807, 2.05) is 17.2 Å². The Kier molecular flexibility index (Phi) is 6.51. The van der Waals surface area contributed by atoms with Crippen molar-refractivity contribution < 1.29 is 22.7 Å². The molecule has 25 heavy (non-hydrogen) atoms. The van der Waals surface area contributed by atoms with Crippen molar-refractivity contribution in [2.24, 2.45) is 0 Å². The Labute approximate surface area is 149 Å². The highest BCUT2D eigenvalue weighted by Gasteiger charge is 2.15. The molecule has 0 spiro atoms. The highest BCUT2D eigenvalue weighted by Crippen LogP contribution is 2.15. The van der Waals surface area contributed by atoms with Crippen LogP contribution in [0.2, 0.25) is 0 Å². The summed E-state index contributed by atoms with van der Waals surface area (Å²) in [5, 5.41) is 4.13. The predicted octanol–water partition coefficient (Wildman–Crippen LogP) is 0.886. The van der Waals surface area contributed by atoms with Gasteiger partial charge in [-0.25, -0.2) is 8.42 Å². The normalized spacial score (nSPS) is 10.9. The monoisotopic (exact) mass is 383 g/mol. The molecule has 0 atom stereocenters. The number of carbonyl (C=O) groups is 2. The third-order valence-corrected chi connectivity index (χ3v) is 5.06. The molecule has 2 amide bonds. The van der Waals surface area contributed by atoms with Crippen LogP contribution in [0.4, 0.5) is 0 Å². The van der Waals surface area contributed by atoms with Gasteiger partial charge in [0.2, 0.25) is 0 Å². The molecular weight excluding hydrogens is 366 g/mol. The second-order valence-corrected chi connectivity index (χ2v) is 7.35. The molecule has 0 aliphatic heterocycles. The minimum absolute atomic E-state index is 0.0288. The molecular formula is C15H17N3O5S2. The van der Waals surface area contributed by atoms with Gasteiger partial charge < -0.3 is 10.1 Å². The summed E-state index contributed by atoms with van der Waals surface area (Å²) in [6.45, 7) is 1.93. The molecule has 3 N–H and O–H groups in total. The second-order valence-electron chi connectivity index (χ2n) is 4.72. The number of carbonyl (C=O) groups excluding carboxylic acids is 2. The minimum atomic E-state index is -3.92. The lowest BCUT2D eigenvalue weighted by Gasteiger charge is -2.09. The van der Waals surface area contributed by atoms with Crippen molar-refractivity contribution in [1.82, 2.24) is 15.6 Å². The van der Waals surface area contributed by atoms with Crippen LogP contribution in [-0.4, -0.2) is 33.4 Å². The van der Waals surface area contributed by atoms with E-state index in [9.17, 15) is 18.0 Å². The number of hydrazine groups is 1. The number of benzene rings is 1. The SMILES string of the molecule is CCOc1ccc(S(=O)(=O)NNC(=O)CNC(=O)c2cccs2)cc1. The van der Waals surface area contributed by atoms with Crippen LogP contribution >= 0.6 is 11.3 Å². The summed E-state index contributed by atoms with van der Waals surface area (Å²) in [6, 6.07) is 9.08. The van der Waals surface area contributed by atoms with E-state index < -0.39 is 21.8 Å². The van der Waals surface area contributed by atoms with Crippen LogP contribution < -0.4 is 20.3 Å². The number of ether oxygens (including phenoxy) is 1. The van der Waals surface area contributed by atoms with Gasteiger partial charge in [0.25, 0.3) is 21.8 Å². The van der Waals surface area contributed by atoms with E-state index in [-0.39, 0.29) is 11.4 Å². The van der Waals surface area contributed by atoms with E-state index in [0.717, 1.165) is 0 Å². The molecule has 1 aromatic carbocycles. The number of sulfonamides is 1. The quantitative estimate of drug-likeness (QED) is 0.586. The summed E-state index contributed by atoms with van der Waals surface area (Å²) >= 11 is 1.24. The molecule has 0 aliphatic rings. The molecule has 0 radical (unpaired) electrons. The van der Waals surface area contributed by atoms with Crippen LogP contribution in [-0.2, 0) is 14.8 Å². The summed E-state index contributed by atoms with van der Waals surface area (Å²) in [5.74, 6) is -0.555. The molecule has 1 aromatic heterocycles. The highest BCUT2D eigenvalue weighted by molar-refractivity contribution is 7.89. The molecule has 134 valence electrons. The summed E-state index contributed by atoms with van der Waals surface area (Å²) in [7, 11) is -3.92. The van der Waals surface area contributed by atoms with Gasteiger partial charge in [0, 0.05) is 0 Å². The minimum Gasteiger partial charge on any atom is -0.494 e. The van der Waals surface area contributed by atoms with Crippen LogP contribution in [0, 0.1) is 0 Å². The maximum atomic E-state index is 12.1. The van der Waals surface area contributed by atoms with Crippen molar-refractivity contribution in [3.8, 4) is 5.75 Å². The Hall–Kier alpha value is -2.43. The van der Waals surface area contributed by atoms with Crippen molar-refractivity contribution in [1.29, 1.82) is 0 Å². The first kappa shape index (κ1) is 18.9. The number of thiophene rings is 1. The third-order valence-electron chi connectivity index (χ3n) is 2.92. The van der Waals surface area contributed by atoms with E-state index in [4.69, 9.17) is 4.74 Å². The van der Waals surface area contributed by atoms with E-state index in [2.05, 4.69) is 5.32 Å². The summed E-state index contributed by atoms with van der Waals surface area (Å²) in [5.41, 5.74) is 2.04. The van der Waals surface area contributed by atoms with Crippen LogP contribution in [0.15, 0.2) is 46.7 Å². The lowest BCUT2D eigenvalue weighted by molar-refractivity contribution is -0.120. The van der Waals surface area contributed by atoms with Crippen molar-refractivity contribution in [2.75, 3.05) is 13.2 Å². The van der Waals surface area contributed by atoms with Gasteiger partial charge in [-0.05, 0) is 42.6 Å². The van der Waals surface area contributed by atoms with Gasteiger partial charge >= 0.3 is 0 Å². The molecule has 0 bridgehead atoms. The number of hydrogen-bond donors (Lipinski definition) is 3. The van der Waals surface area contributed by atoms with Crippen LogP contribution in [0.3, 0.4) is 0 Å². The summed E-state index contributed by atoms with van der Waals surface area (Å²) < 4.78 is 29.4. The first-order valence-electron chi connectivity index (χ1n) is 7.27. The number of hydrogen-bond acceptors (Lipinski definition) is 6. The predicted molar refractivity (Wildman–Crippen MR) is 92.7 cm³/mol. The van der Waals surface area contributed by atoms with Gasteiger partial charge in [-0.2, -0.15) is 0 Å². The van der Waals surface area contributed by atoms with E-state index in [0.29, 0.717) is 17.2 Å². The average molecular weight is 383 g/mol. The fraction of sp³-hybridized carbons (Fsp3) is 0.200. The summed E-state index contributed by atoms with van der Waals surface area (Å²) in [4.78, 5) is 25.8. The standard InChI is InChI=1S/C15H17N3O5S2/c1-2-23-11-5-7-12(8-6-11)25(21,22)18-17-14(19)10-16-15(20)13-4-3-9-24-13/h3-9,18H,2,10H2,1H3,(H,16,20)(H,17,19). The van der Waals surface area contributed by atoms with E-state index >= 15 is 0 Å². The largest absolute Gasteiger partial charge is 0.494 e. The first-order chi connectivity index (χ1) is 11.9. The van der Waals surface area contributed by atoms with E-state index in [1.54, 1.807) is 17.5 Å². The number of rotatable bonds is 8. The lowest BCUT2D eigenvalue weighted by atomic mass is 10.3. The second kappa shape index (κ2) is 8.60. The van der Waals surface area contributed by atoms with Gasteiger partial charge in [-0.3, -0.25) is 15.0 Å². The molecule has 2 rings (SSSR count). The number of amides is 2. The maximum Gasteiger partial charge on any atom is 0.261 e. The highest BCUT2D eigenvalue weighted by atomic mass is 32.2. The van der Waals surface area contributed by atoms with Gasteiger partial charge in [0.05, 0.1) is 22.9 Å². The van der Waals surface area contributed by atoms with Gasteiger partial charge in [-0.15, -0.1) is 16.2 Å².